The van der Waals surface area contributed by atoms with E-state index in [0.717, 1.165) is 25.7 Å². The highest BCUT2D eigenvalue weighted by Crippen LogP contribution is 2.10. The van der Waals surface area contributed by atoms with Gasteiger partial charge in [-0.15, -0.1) is 0 Å². The van der Waals surface area contributed by atoms with Crippen LogP contribution in [0.5, 0.6) is 0 Å². The minimum Gasteiger partial charge on any atom is -0.300 e. The summed E-state index contributed by atoms with van der Waals surface area (Å²) in [6.45, 7) is 1.66. The molecule has 0 saturated carbocycles. The summed E-state index contributed by atoms with van der Waals surface area (Å²) >= 11 is 0. The van der Waals surface area contributed by atoms with Crippen molar-refractivity contribution in [2.24, 2.45) is 0 Å². The number of rotatable bonds is 11. The summed E-state index contributed by atoms with van der Waals surface area (Å²) in [6, 6.07) is 0. The summed E-state index contributed by atoms with van der Waals surface area (Å²) in [4.78, 5) is 20.6. The Hall–Kier alpha value is -0.880. The molecule has 0 aromatic carbocycles. The van der Waals surface area contributed by atoms with Crippen LogP contribution in [0.3, 0.4) is 0 Å². The Bertz CT molecular complexity index is 205. The molecule has 2 heteroatoms. The lowest BCUT2D eigenvalue weighted by molar-refractivity contribution is -0.117. The molecule has 0 aliphatic heterocycles. The van der Waals surface area contributed by atoms with Crippen LogP contribution in [0.4, 0.5) is 0 Å². The maximum atomic E-state index is 10.7. The number of hydrogen-bond donors (Lipinski definition) is 0. The van der Waals surface area contributed by atoms with Crippen LogP contribution in [0.15, 0.2) is 6.08 Å². The predicted octanol–water partition coefficient (Wildman–Crippen LogP) is 3.86. The smallest absolute Gasteiger partial charge is 0.129 e. The third-order valence-corrected chi connectivity index (χ3v) is 2.71. The molecule has 0 atom stereocenters. The minimum absolute atomic E-state index is 0.309. The van der Waals surface area contributed by atoms with Gasteiger partial charge in [0, 0.05) is 6.42 Å². The molecule has 0 aliphatic rings. The van der Waals surface area contributed by atoms with Gasteiger partial charge in [0.2, 0.25) is 0 Å². The quantitative estimate of drug-likeness (QED) is 0.394. The van der Waals surface area contributed by atoms with Gasteiger partial charge in [-0.1, -0.05) is 38.5 Å². The van der Waals surface area contributed by atoms with Gasteiger partial charge in [0.15, 0.2) is 0 Å². The van der Waals surface area contributed by atoms with E-state index < -0.39 is 0 Å². The van der Waals surface area contributed by atoms with E-state index in [2.05, 4.69) is 0 Å². The molecule has 0 N–H and O–H groups in total. The molecule has 0 rings (SSSR count). The van der Waals surface area contributed by atoms with Crippen LogP contribution in [0.2, 0.25) is 0 Å². The number of allylic oxidation sites excluding steroid dienone is 1. The highest BCUT2D eigenvalue weighted by Gasteiger charge is 1.94. The van der Waals surface area contributed by atoms with Crippen LogP contribution in [-0.2, 0) is 9.59 Å². The van der Waals surface area contributed by atoms with Gasteiger partial charge in [-0.2, -0.15) is 0 Å². The lowest BCUT2D eigenvalue weighted by Gasteiger charge is -2.00. The minimum atomic E-state index is 0.309. The van der Waals surface area contributed by atoms with Crippen molar-refractivity contribution in [1.82, 2.24) is 0 Å². The van der Waals surface area contributed by atoms with E-state index in [0.29, 0.717) is 5.78 Å². The lowest BCUT2D eigenvalue weighted by Crippen LogP contribution is -1.89. The number of ketones is 1. The van der Waals surface area contributed by atoms with E-state index in [1.165, 1.54) is 38.5 Å². The molecule has 0 bridgehead atoms. The summed E-state index contributed by atoms with van der Waals surface area (Å²) in [6.07, 6.45) is 12.8. The van der Waals surface area contributed by atoms with Gasteiger partial charge in [-0.05, 0) is 32.3 Å². The van der Waals surface area contributed by atoms with Crippen molar-refractivity contribution in [3.63, 3.8) is 0 Å². The Morgan fingerprint density at radius 2 is 1.44 bits per heavy atom. The fourth-order valence-corrected chi connectivity index (χ4v) is 1.74. The Morgan fingerprint density at radius 3 is 1.94 bits per heavy atom. The number of hydrogen-bond acceptors (Lipinski definition) is 2. The van der Waals surface area contributed by atoms with Crippen molar-refractivity contribution < 1.29 is 9.59 Å². The fraction of sp³-hybridized carbons (Fsp3) is 0.786. The predicted molar refractivity (Wildman–Crippen MR) is 67.1 cm³/mol. The van der Waals surface area contributed by atoms with E-state index in [1.54, 1.807) is 18.9 Å². The van der Waals surface area contributed by atoms with Crippen molar-refractivity contribution in [2.75, 3.05) is 0 Å². The van der Waals surface area contributed by atoms with Gasteiger partial charge in [0.05, 0.1) is 0 Å². The van der Waals surface area contributed by atoms with E-state index in [-0.39, 0.29) is 0 Å². The average molecular weight is 224 g/mol. The normalized spacial score (nSPS) is 9.81. The molecule has 92 valence electrons. The second-order valence-corrected chi connectivity index (χ2v) is 4.39. The molecular weight excluding hydrogens is 200 g/mol. The van der Waals surface area contributed by atoms with Gasteiger partial charge in [-0.3, -0.25) is 0 Å². The standard InChI is InChI=1S/C14H24O2/c1-14(16)12-10-8-6-4-2-3-5-7-9-11-13-15/h11H,2-10,12H2,1H3. The molecule has 2 nitrogen and oxygen atoms in total. The molecule has 0 spiro atoms. The van der Waals surface area contributed by atoms with Crippen molar-refractivity contribution in [3.8, 4) is 0 Å². The van der Waals surface area contributed by atoms with Crippen molar-refractivity contribution >= 4 is 11.7 Å². The third-order valence-electron chi connectivity index (χ3n) is 2.71. The summed E-state index contributed by atoms with van der Waals surface area (Å²) in [5.74, 6) is 2.11. The average Bonchev–Trinajstić information content (AvgIpc) is 2.25. The number of carbonyl (C=O) groups is 1. The SMILES string of the molecule is CC(=O)CCCCCCCCCCC=C=O. The first-order valence-electron chi connectivity index (χ1n) is 6.46. The zero-order valence-corrected chi connectivity index (χ0v) is 10.5. The molecular formula is C14H24O2. The van der Waals surface area contributed by atoms with Gasteiger partial charge in [0.25, 0.3) is 0 Å². The van der Waals surface area contributed by atoms with Crippen LogP contribution < -0.4 is 0 Å². The zero-order chi connectivity index (χ0) is 12.1. The van der Waals surface area contributed by atoms with Crippen molar-refractivity contribution in [3.05, 3.63) is 6.08 Å². The van der Waals surface area contributed by atoms with Crippen LogP contribution in [-0.4, -0.2) is 11.7 Å². The topological polar surface area (TPSA) is 34.1 Å². The molecule has 16 heavy (non-hydrogen) atoms. The van der Waals surface area contributed by atoms with E-state index in [1.807, 2.05) is 0 Å². The Balaban J connectivity index is 2.98. The highest BCUT2D eigenvalue weighted by atomic mass is 16.1. The number of unbranched alkanes of at least 4 members (excludes halogenated alkanes) is 8. The summed E-state index contributed by atoms with van der Waals surface area (Å²) < 4.78 is 0. The van der Waals surface area contributed by atoms with Crippen molar-refractivity contribution in [2.45, 2.75) is 71.1 Å². The summed E-state index contributed by atoms with van der Waals surface area (Å²) in [7, 11) is 0. The molecule has 0 unspecified atom stereocenters. The Labute approximate surface area is 99.1 Å². The van der Waals surface area contributed by atoms with Crippen LogP contribution in [0, 0.1) is 0 Å². The Kier molecular flexibility index (Phi) is 11.5. The zero-order valence-electron chi connectivity index (χ0n) is 10.5. The monoisotopic (exact) mass is 224 g/mol. The Morgan fingerprint density at radius 1 is 0.938 bits per heavy atom. The second-order valence-electron chi connectivity index (χ2n) is 4.39. The van der Waals surface area contributed by atoms with E-state index in [4.69, 9.17) is 0 Å². The summed E-state index contributed by atoms with van der Waals surface area (Å²) in [5, 5.41) is 0. The molecule has 0 amide bonds. The number of Topliss-reactive ketones (excluding diaryl/α,β-unsaturated/α-hetero) is 1. The van der Waals surface area contributed by atoms with Crippen LogP contribution >= 0.6 is 0 Å². The van der Waals surface area contributed by atoms with E-state index in [9.17, 15) is 9.59 Å². The molecule has 0 radical (unpaired) electrons. The van der Waals surface area contributed by atoms with Crippen molar-refractivity contribution in [1.29, 1.82) is 0 Å². The van der Waals surface area contributed by atoms with Gasteiger partial charge >= 0.3 is 0 Å². The second kappa shape index (κ2) is 12.2. The molecule has 0 heterocycles. The number of carbonyl (C=O) groups excluding carboxylic acids is 2. The first-order valence-corrected chi connectivity index (χ1v) is 6.46. The first kappa shape index (κ1) is 15.1. The highest BCUT2D eigenvalue weighted by molar-refractivity contribution is 5.75. The van der Waals surface area contributed by atoms with Gasteiger partial charge in [0.1, 0.15) is 11.7 Å². The van der Waals surface area contributed by atoms with E-state index >= 15 is 0 Å². The largest absolute Gasteiger partial charge is 0.300 e. The molecule has 0 aliphatic carbocycles. The van der Waals surface area contributed by atoms with Gasteiger partial charge < -0.3 is 4.79 Å². The molecule has 0 aromatic heterocycles. The van der Waals surface area contributed by atoms with Crippen LogP contribution in [0.25, 0.3) is 0 Å². The first-order chi connectivity index (χ1) is 7.77. The summed E-state index contributed by atoms with van der Waals surface area (Å²) in [5.41, 5.74) is 0. The molecule has 0 saturated heterocycles. The maximum absolute atomic E-state index is 10.7. The molecule has 0 fully saturated rings. The maximum Gasteiger partial charge on any atom is 0.129 e. The molecule has 0 aromatic rings. The van der Waals surface area contributed by atoms with Gasteiger partial charge in [-0.25, -0.2) is 4.79 Å². The lowest BCUT2D eigenvalue weighted by atomic mass is 10.1. The fourth-order valence-electron chi connectivity index (χ4n) is 1.74. The third kappa shape index (κ3) is 13.1. The van der Waals surface area contributed by atoms with Crippen LogP contribution in [0.1, 0.15) is 71.1 Å².